The highest BCUT2D eigenvalue weighted by Gasteiger charge is 2.13. The van der Waals surface area contributed by atoms with E-state index in [0.29, 0.717) is 34.1 Å². The Morgan fingerprint density at radius 3 is 2.82 bits per heavy atom. The van der Waals surface area contributed by atoms with Crippen LogP contribution < -0.4 is 5.56 Å². The zero-order valence-electron chi connectivity index (χ0n) is 12.3. The van der Waals surface area contributed by atoms with Crippen molar-refractivity contribution in [2.24, 2.45) is 7.05 Å². The van der Waals surface area contributed by atoms with Gasteiger partial charge in [0.15, 0.2) is 0 Å². The van der Waals surface area contributed by atoms with E-state index in [9.17, 15) is 4.79 Å². The van der Waals surface area contributed by atoms with Gasteiger partial charge in [0.1, 0.15) is 11.5 Å². The molecule has 3 rings (SSSR count). The summed E-state index contributed by atoms with van der Waals surface area (Å²) < 4.78 is 7.31. The molecule has 0 aliphatic rings. The average molecular weight is 318 g/mol. The number of hydrogen-bond donors (Lipinski definition) is 1. The third-order valence-electron chi connectivity index (χ3n) is 2.99. The second kappa shape index (κ2) is 5.76. The van der Waals surface area contributed by atoms with Crippen molar-refractivity contribution in [2.45, 2.75) is 24.8 Å². The van der Waals surface area contributed by atoms with E-state index < -0.39 is 0 Å². The number of aryl methyl sites for hydroxylation is 3. The topological polar surface area (TPSA) is 102 Å². The fourth-order valence-corrected chi connectivity index (χ4v) is 2.51. The van der Waals surface area contributed by atoms with Crippen LogP contribution in [0.25, 0.3) is 11.6 Å². The van der Waals surface area contributed by atoms with E-state index in [-0.39, 0.29) is 5.56 Å². The standard InChI is InChI=1S/C13H14N6O2S/c1-7-4-11(20)15-10(14-7)6-22-13-17-16-12(21-13)9-5-8(2)19(3)18-9/h4-5H,6H2,1-3H3,(H,14,15,20). The number of aromatic nitrogens is 6. The normalized spacial score (nSPS) is 11.0. The van der Waals surface area contributed by atoms with Gasteiger partial charge in [-0.25, -0.2) is 4.98 Å². The SMILES string of the molecule is Cc1cc(=O)[nH]c(CSc2nnc(-c3cc(C)n(C)n3)o2)n1. The maximum absolute atomic E-state index is 11.4. The van der Waals surface area contributed by atoms with E-state index >= 15 is 0 Å². The average Bonchev–Trinajstić information content (AvgIpc) is 3.03. The van der Waals surface area contributed by atoms with Gasteiger partial charge in [0.2, 0.25) is 0 Å². The first-order valence-electron chi connectivity index (χ1n) is 6.55. The highest BCUT2D eigenvalue weighted by atomic mass is 32.2. The van der Waals surface area contributed by atoms with Crippen LogP contribution in [-0.2, 0) is 12.8 Å². The smallest absolute Gasteiger partial charge is 0.277 e. The summed E-state index contributed by atoms with van der Waals surface area (Å²) >= 11 is 1.31. The number of hydrogen-bond acceptors (Lipinski definition) is 7. The summed E-state index contributed by atoms with van der Waals surface area (Å²) in [5, 5.41) is 12.6. The Labute approximate surface area is 130 Å². The fourth-order valence-electron chi connectivity index (χ4n) is 1.88. The highest BCUT2D eigenvalue weighted by Crippen LogP contribution is 2.24. The Balaban J connectivity index is 1.73. The number of H-pyrrole nitrogens is 1. The highest BCUT2D eigenvalue weighted by molar-refractivity contribution is 7.98. The lowest BCUT2D eigenvalue weighted by atomic mass is 10.4. The lowest BCUT2D eigenvalue weighted by Crippen LogP contribution is -2.10. The van der Waals surface area contributed by atoms with Gasteiger partial charge in [0, 0.05) is 24.5 Å². The monoisotopic (exact) mass is 318 g/mol. The lowest BCUT2D eigenvalue weighted by molar-refractivity contribution is 0.463. The summed E-state index contributed by atoms with van der Waals surface area (Å²) in [5.74, 6) is 1.39. The molecular formula is C13H14N6O2S. The van der Waals surface area contributed by atoms with Crippen molar-refractivity contribution < 1.29 is 4.42 Å². The van der Waals surface area contributed by atoms with Crippen LogP contribution in [0.5, 0.6) is 0 Å². The molecule has 0 fully saturated rings. The Morgan fingerprint density at radius 2 is 2.14 bits per heavy atom. The van der Waals surface area contributed by atoms with Gasteiger partial charge in [-0.1, -0.05) is 11.8 Å². The molecule has 0 aliphatic heterocycles. The molecule has 0 amide bonds. The molecule has 1 N–H and O–H groups in total. The third-order valence-corrected chi connectivity index (χ3v) is 3.82. The second-order valence-electron chi connectivity index (χ2n) is 4.79. The van der Waals surface area contributed by atoms with Gasteiger partial charge in [-0.3, -0.25) is 9.48 Å². The summed E-state index contributed by atoms with van der Waals surface area (Å²) in [6.07, 6.45) is 0. The van der Waals surface area contributed by atoms with Gasteiger partial charge in [0.25, 0.3) is 16.7 Å². The molecule has 0 aliphatic carbocycles. The first kappa shape index (κ1) is 14.5. The molecule has 0 unspecified atom stereocenters. The molecule has 0 radical (unpaired) electrons. The van der Waals surface area contributed by atoms with Crippen LogP contribution in [-0.4, -0.2) is 29.9 Å². The van der Waals surface area contributed by atoms with E-state index in [1.165, 1.54) is 17.8 Å². The molecule has 0 saturated heterocycles. The summed E-state index contributed by atoms with van der Waals surface area (Å²) in [6.45, 7) is 3.72. The van der Waals surface area contributed by atoms with Crippen LogP contribution in [0.1, 0.15) is 17.2 Å². The van der Waals surface area contributed by atoms with Crippen molar-refractivity contribution in [2.75, 3.05) is 0 Å². The van der Waals surface area contributed by atoms with E-state index in [1.54, 1.807) is 11.6 Å². The summed E-state index contributed by atoms with van der Waals surface area (Å²) in [7, 11) is 1.85. The van der Waals surface area contributed by atoms with Gasteiger partial charge in [-0.05, 0) is 19.9 Å². The Hall–Kier alpha value is -2.42. The Morgan fingerprint density at radius 1 is 1.32 bits per heavy atom. The summed E-state index contributed by atoms with van der Waals surface area (Å²) in [4.78, 5) is 18.3. The van der Waals surface area contributed by atoms with Gasteiger partial charge in [0.05, 0.1) is 5.75 Å². The number of thioether (sulfide) groups is 1. The zero-order chi connectivity index (χ0) is 15.7. The molecule has 22 heavy (non-hydrogen) atoms. The van der Waals surface area contributed by atoms with Crippen molar-refractivity contribution in [1.82, 2.24) is 29.9 Å². The van der Waals surface area contributed by atoms with Crippen LogP contribution in [0.3, 0.4) is 0 Å². The largest absolute Gasteiger partial charge is 0.410 e. The van der Waals surface area contributed by atoms with E-state index in [4.69, 9.17) is 4.42 Å². The molecule has 3 aromatic heterocycles. The molecule has 0 atom stereocenters. The van der Waals surface area contributed by atoms with E-state index in [1.807, 2.05) is 20.0 Å². The maximum atomic E-state index is 11.4. The third kappa shape index (κ3) is 3.08. The predicted octanol–water partition coefficient (Wildman–Crippen LogP) is 1.46. The second-order valence-corrected chi connectivity index (χ2v) is 5.72. The molecule has 0 saturated carbocycles. The maximum Gasteiger partial charge on any atom is 0.277 e. The van der Waals surface area contributed by atoms with Crippen LogP contribution in [0.2, 0.25) is 0 Å². The minimum absolute atomic E-state index is 0.168. The molecule has 0 aromatic carbocycles. The van der Waals surface area contributed by atoms with Crippen molar-refractivity contribution >= 4 is 11.8 Å². The number of nitrogens with zero attached hydrogens (tertiary/aromatic N) is 5. The zero-order valence-corrected chi connectivity index (χ0v) is 13.1. The molecule has 0 spiro atoms. The Kier molecular flexibility index (Phi) is 3.80. The molecule has 0 bridgehead atoms. The predicted molar refractivity (Wildman–Crippen MR) is 80.4 cm³/mol. The first-order valence-corrected chi connectivity index (χ1v) is 7.54. The molecule has 8 nitrogen and oxygen atoms in total. The van der Waals surface area contributed by atoms with Crippen LogP contribution in [0, 0.1) is 13.8 Å². The number of rotatable bonds is 4. The minimum Gasteiger partial charge on any atom is -0.410 e. The molecule has 3 heterocycles. The minimum atomic E-state index is -0.168. The van der Waals surface area contributed by atoms with Crippen LogP contribution in [0.4, 0.5) is 0 Å². The van der Waals surface area contributed by atoms with E-state index in [0.717, 1.165) is 5.69 Å². The van der Waals surface area contributed by atoms with Gasteiger partial charge < -0.3 is 9.40 Å². The summed E-state index contributed by atoms with van der Waals surface area (Å²) in [6, 6.07) is 3.32. The van der Waals surface area contributed by atoms with Gasteiger partial charge in [-0.15, -0.1) is 10.2 Å². The fraction of sp³-hybridized carbons (Fsp3) is 0.308. The van der Waals surface area contributed by atoms with Gasteiger partial charge in [-0.2, -0.15) is 5.10 Å². The first-order chi connectivity index (χ1) is 10.5. The number of nitrogens with one attached hydrogen (secondary N) is 1. The molecule has 114 valence electrons. The van der Waals surface area contributed by atoms with Crippen molar-refractivity contribution in [3.63, 3.8) is 0 Å². The van der Waals surface area contributed by atoms with Crippen LogP contribution >= 0.6 is 11.8 Å². The van der Waals surface area contributed by atoms with Crippen molar-refractivity contribution in [1.29, 1.82) is 0 Å². The summed E-state index contributed by atoms with van der Waals surface area (Å²) in [5.41, 5.74) is 2.15. The molecule has 9 heteroatoms. The quantitative estimate of drug-likeness (QED) is 0.726. The lowest BCUT2D eigenvalue weighted by Gasteiger charge is -1.98. The Bertz CT molecular complexity index is 846. The number of aromatic amines is 1. The van der Waals surface area contributed by atoms with E-state index in [2.05, 4.69) is 25.3 Å². The van der Waals surface area contributed by atoms with Crippen molar-refractivity contribution in [3.05, 3.63) is 39.7 Å². The molecular weight excluding hydrogens is 304 g/mol. The van der Waals surface area contributed by atoms with Crippen LogP contribution in [0.15, 0.2) is 26.6 Å². The molecule has 3 aromatic rings. The van der Waals surface area contributed by atoms with Crippen molar-refractivity contribution in [3.8, 4) is 11.6 Å². The van der Waals surface area contributed by atoms with Gasteiger partial charge >= 0.3 is 0 Å².